The SMILES string of the molecule is CN(C(=O)CCC1CCNC1)C1CCc2ccccc21.Cl. The molecule has 1 N–H and O–H groups in total. The van der Waals surface area contributed by atoms with E-state index in [9.17, 15) is 4.79 Å². The lowest BCUT2D eigenvalue weighted by Gasteiger charge is -2.26. The lowest BCUT2D eigenvalue weighted by molar-refractivity contribution is -0.132. The average Bonchev–Trinajstić information content (AvgIpc) is 3.13. The monoisotopic (exact) mass is 308 g/mol. The molecule has 1 saturated heterocycles. The van der Waals surface area contributed by atoms with Crippen LogP contribution < -0.4 is 5.32 Å². The molecule has 1 aromatic carbocycles. The van der Waals surface area contributed by atoms with Crippen LogP contribution in [-0.2, 0) is 11.2 Å². The van der Waals surface area contributed by atoms with Crippen molar-refractivity contribution in [3.05, 3.63) is 35.4 Å². The molecule has 3 nitrogen and oxygen atoms in total. The highest BCUT2D eigenvalue weighted by molar-refractivity contribution is 5.85. The second kappa shape index (κ2) is 7.28. The Morgan fingerprint density at radius 3 is 2.90 bits per heavy atom. The molecule has 0 saturated carbocycles. The van der Waals surface area contributed by atoms with Crippen molar-refractivity contribution in [2.75, 3.05) is 20.1 Å². The number of halogens is 1. The minimum Gasteiger partial charge on any atom is -0.339 e. The fourth-order valence-corrected chi connectivity index (χ4v) is 3.58. The molecule has 0 radical (unpaired) electrons. The van der Waals surface area contributed by atoms with Gasteiger partial charge >= 0.3 is 0 Å². The first kappa shape index (κ1) is 16.3. The second-order valence-electron chi connectivity index (χ2n) is 6.16. The number of rotatable bonds is 4. The van der Waals surface area contributed by atoms with Crippen LogP contribution in [0.15, 0.2) is 24.3 Å². The molecule has 1 fully saturated rings. The summed E-state index contributed by atoms with van der Waals surface area (Å²) >= 11 is 0. The van der Waals surface area contributed by atoms with Gasteiger partial charge in [0.05, 0.1) is 6.04 Å². The van der Waals surface area contributed by atoms with Gasteiger partial charge in [-0.3, -0.25) is 4.79 Å². The van der Waals surface area contributed by atoms with Gasteiger partial charge in [-0.05, 0) is 55.8 Å². The van der Waals surface area contributed by atoms with E-state index in [1.807, 2.05) is 11.9 Å². The summed E-state index contributed by atoms with van der Waals surface area (Å²) in [4.78, 5) is 14.4. The minimum atomic E-state index is 0. The van der Waals surface area contributed by atoms with Crippen LogP contribution in [-0.4, -0.2) is 30.9 Å². The van der Waals surface area contributed by atoms with E-state index in [0.29, 0.717) is 24.3 Å². The summed E-state index contributed by atoms with van der Waals surface area (Å²) in [5, 5.41) is 3.37. The molecule has 21 heavy (non-hydrogen) atoms. The molecule has 0 bridgehead atoms. The number of hydrogen-bond donors (Lipinski definition) is 1. The normalized spacial score (nSPS) is 23.5. The lowest BCUT2D eigenvalue weighted by Crippen LogP contribution is -2.30. The van der Waals surface area contributed by atoms with E-state index < -0.39 is 0 Å². The first-order valence-corrected chi connectivity index (χ1v) is 7.80. The summed E-state index contributed by atoms with van der Waals surface area (Å²) in [7, 11) is 1.97. The van der Waals surface area contributed by atoms with E-state index in [2.05, 4.69) is 29.6 Å². The van der Waals surface area contributed by atoms with Crippen LogP contribution in [0.1, 0.15) is 42.9 Å². The maximum atomic E-state index is 12.4. The van der Waals surface area contributed by atoms with Crippen LogP contribution in [0.25, 0.3) is 0 Å². The van der Waals surface area contributed by atoms with Gasteiger partial charge in [-0.1, -0.05) is 24.3 Å². The van der Waals surface area contributed by atoms with Crippen LogP contribution in [0.4, 0.5) is 0 Å². The largest absolute Gasteiger partial charge is 0.339 e. The van der Waals surface area contributed by atoms with E-state index in [1.165, 1.54) is 17.5 Å². The van der Waals surface area contributed by atoms with Crippen molar-refractivity contribution >= 4 is 18.3 Å². The maximum absolute atomic E-state index is 12.4. The molecule has 0 spiro atoms. The third kappa shape index (κ3) is 3.58. The van der Waals surface area contributed by atoms with Crippen molar-refractivity contribution in [3.63, 3.8) is 0 Å². The zero-order valence-electron chi connectivity index (χ0n) is 12.7. The van der Waals surface area contributed by atoms with Crippen molar-refractivity contribution in [3.8, 4) is 0 Å². The lowest BCUT2D eigenvalue weighted by atomic mass is 10.0. The summed E-state index contributed by atoms with van der Waals surface area (Å²) < 4.78 is 0. The van der Waals surface area contributed by atoms with Crippen LogP contribution in [0, 0.1) is 5.92 Å². The summed E-state index contributed by atoms with van der Waals surface area (Å²) in [6.07, 6.45) is 5.13. The molecule has 1 aliphatic heterocycles. The number of aryl methyl sites for hydroxylation is 1. The molecule has 3 rings (SSSR count). The first-order chi connectivity index (χ1) is 9.75. The van der Waals surface area contributed by atoms with E-state index in [4.69, 9.17) is 0 Å². The molecule has 0 aromatic heterocycles. The molecule has 116 valence electrons. The highest BCUT2D eigenvalue weighted by atomic mass is 35.5. The van der Waals surface area contributed by atoms with Gasteiger partial charge in [0.25, 0.3) is 0 Å². The predicted octanol–water partition coefficient (Wildman–Crippen LogP) is 2.94. The standard InChI is InChI=1S/C17H24N2O.ClH/c1-19(17(20)9-6-13-10-11-18-12-13)16-8-7-14-4-2-3-5-15(14)16;/h2-5,13,16,18H,6-12H2,1H3;1H. The van der Waals surface area contributed by atoms with Gasteiger partial charge in [-0.2, -0.15) is 0 Å². The summed E-state index contributed by atoms with van der Waals surface area (Å²) in [6.45, 7) is 2.20. The number of benzene rings is 1. The minimum absolute atomic E-state index is 0. The Bertz CT molecular complexity index is 485. The Kier molecular flexibility index (Phi) is 5.65. The van der Waals surface area contributed by atoms with Crippen LogP contribution in [0.2, 0.25) is 0 Å². The topological polar surface area (TPSA) is 32.3 Å². The molecule has 2 aliphatic rings. The highest BCUT2D eigenvalue weighted by Crippen LogP contribution is 2.35. The van der Waals surface area contributed by atoms with Gasteiger partial charge in [-0.25, -0.2) is 0 Å². The molecule has 4 heteroatoms. The summed E-state index contributed by atoms with van der Waals surface area (Å²) in [5.41, 5.74) is 2.77. The van der Waals surface area contributed by atoms with Gasteiger partial charge in [0.1, 0.15) is 0 Å². The Morgan fingerprint density at radius 2 is 2.14 bits per heavy atom. The number of nitrogens with zero attached hydrogens (tertiary/aromatic N) is 1. The predicted molar refractivity (Wildman–Crippen MR) is 87.7 cm³/mol. The average molecular weight is 309 g/mol. The van der Waals surface area contributed by atoms with Crippen LogP contribution in [0.5, 0.6) is 0 Å². The summed E-state index contributed by atoms with van der Waals surface area (Å²) in [5.74, 6) is 1.00. The Balaban J connectivity index is 0.00000161. The number of carbonyl (C=O) groups excluding carboxylic acids is 1. The van der Waals surface area contributed by atoms with Gasteiger partial charge < -0.3 is 10.2 Å². The fraction of sp³-hybridized carbons (Fsp3) is 0.588. The fourth-order valence-electron chi connectivity index (χ4n) is 3.58. The first-order valence-electron chi connectivity index (χ1n) is 7.80. The van der Waals surface area contributed by atoms with Crippen LogP contribution in [0.3, 0.4) is 0 Å². The third-order valence-electron chi connectivity index (χ3n) is 4.89. The molecule has 1 amide bonds. The molecule has 1 aliphatic carbocycles. The summed E-state index contributed by atoms with van der Waals surface area (Å²) in [6, 6.07) is 8.84. The number of nitrogens with one attached hydrogen (secondary N) is 1. The van der Waals surface area contributed by atoms with E-state index in [1.54, 1.807) is 0 Å². The van der Waals surface area contributed by atoms with Crippen molar-refractivity contribution in [2.45, 2.75) is 38.1 Å². The zero-order chi connectivity index (χ0) is 13.9. The van der Waals surface area contributed by atoms with Gasteiger partial charge in [0, 0.05) is 13.5 Å². The van der Waals surface area contributed by atoms with Crippen molar-refractivity contribution in [1.82, 2.24) is 10.2 Å². The number of carbonyl (C=O) groups is 1. The van der Waals surface area contributed by atoms with Gasteiger partial charge in [0.15, 0.2) is 0 Å². The zero-order valence-corrected chi connectivity index (χ0v) is 13.5. The van der Waals surface area contributed by atoms with Gasteiger partial charge in [0.2, 0.25) is 5.91 Å². The molecule has 2 unspecified atom stereocenters. The number of amides is 1. The van der Waals surface area contributed by atoms with Gasteiger partial charge in [-0.15, -0.1) is 12.4 Å². The number of hydrogen-bond acceptors (Lipinski definition) is 2. The van der Waals surface area contributed by atoms with Crippen molar-refractivity contribution in [1.29, 1.82) is 0 Å². The second-order valence-corrected chi connectivity index (χ2v) is 6.16. The quantitative estimate of drug-likeness (QED) is 0.927. The smallest absolute Gasteiger partial charge is 0.222 e. The molecule has 1 aromatic rings. The van der Waals surface area contributed by atoms with E-state index in [0.717, 1.165) is 32.4 Å². The Labute approximate surface area is 133 Å². The third-order valence-corrected chi connectivity index (χ3v) is 4.89. The molecule has 1 heterocycles. The molecular formula is C17H25ClN2O. The van der Waals surface area contributed by atoms with Crippen LogP contribution >= 0.6 is 12.4 Å². The highest BCUT2D eigenvalue weighted by Gasteiger charge is 2.28. The number of fused-ring (bicyclic) bond motifs is 1. The van der Waals surface area contributed by atoms with E-state index >= 15 is 0 Å². The van der Waals surface area contributed by atoms with Crippen molar-refractivity contribution in [2.24, 2.45) is 5.92 Å². The molecule has 2 atom stereocenters. The Morgan fingerprint density at radius 1 is 1.33 bits per heavy atom. The maximum Gasteiger partial charge on any atom is 0.222 e. The Hall–Kier alpha value is -1.06. The van der Waals surface area contributed by atoms with E-state index in [-0.39, 0.29) is 12.4 Å². The van der Waals surface area contributed by atoms with Crippen molar-refractivity contribution < 1.29 is 4.79 Å². The molecular weight excluding hydrogens is 284 g/mol.